The molecule has 3 aromatic rings. The summed E-state index contributed by atoms with van der Waals surface area (Å²) in [6.07, 6.45) is 0. The van der Waals surface area contributed by atoms with Gasteiger partial charge < -0.3 is 0 Å². The van der Waals surface area contributed by atoms with Gasteiger partial charge in [0.25, 0.3) is 0 Å². The van der Waals surface area contributed by atoms with Crippen molar-refractivity contribution in [1.82, 2.24) is 10.2 Å². The number of benzene rings is 2. The van der Waals surface area contributed by atoms with Crippen LogP contribution in [0.3, 0.4) is 0 Å². The Kier molecular flexibility index (Phi) is 3.46. The molecule has 0 aliphatic heterocycles. The van der Waals surface area contributed by atoms with E-state index in [1.165, 1.54) is 17.4 Å². The van der Waals surface area contributed by atoms with Crippen molar-refractivity contribution in [2.24, 2.45) is 0 Å². The van der Waals surface area contributed by atoms with Gasteiger partial charge in [-0.05, 0) is 30.7 Å². The first kappa shape index (κ1) is 13.4. The van der Waals surface area contributed by atoms with Crippen molar-refractivity contribution in [1.29, 1.82) is 5.26 Å². The Morgan fingerprint density at radius 1 is 1.00 bits per heavy atom. The summed E-state index contributed by atoms with van der Waals surface area (Å²) in [5.41, 5.74) is 2.82. The molecule has 5 heteroatoms. The predicted octanol–water partition coefficient (Wildman–Crippen LogP) is 4.19. The molecule has 0 aliphatic carbocycles. The molecule has 21 heavy (non-hydrogen) atoms. The van der Waals surface area contributed by atoms with Gasteiger partial charge in [0, 0.05) is 11.1 Å². The molecule has 0 saturated carbocycles. The second-order valence-electron chi connectivity index (χ2n) is 4.57. The second-order valence-corrected chi connectivity index (χ2v) is 5.54. The van der Waals surface area contributed by atoms with Gasteiger partial charge in [-0.15, -0.1) is 10.2 Å². The zero-order valence-corrected chi connectivity index (χ0v) is 12.0. The van der Waals surface area contributed by atoms with Crippen molar-refractivity contribution >= 4 is 11.3 Å². The number of halogens is 1. The number of hydrogen-bond acceptors (Lipinski definition) is 4. The van der Waals surface area contributed by atoms with Gasteiger partial charge >= 0.3 is 0 Å². The predicted molar refractivity (Wildman–Crippen MR) is 80.2 cm³/mol. The number of aromatic nitrogens is 2. The maximum absolute atomic E-state index is 13.6. The summed E-state index contributed by atoms with van der Waals surface area (Å²) in [5.74, 6) is -0.248. The number of rotatable bonds is 2. The van der Waals surface area contributed by atoms with E-state index in [4.69, 9.17) is 5.26 Å². The number of aryl methyl sites for hydroxylation is 1. The summed E-state index contributed by atoms with van der Waals surface area (Å²) in [7, 11) is 0. The van der Waals surface area contributed by atoms with E-state index in [-0.39, 0.29) is 5.82 Å². The molecule has 0 aliphatic rings. The average molecular weight is 295 g/mol. The second kappa shape index (κ2) is 5.43. The number of hydrogen-bond donors (Lipinski definition) is 0. The fourth-order valence-electron chi connectivity index (χ4n) is 1.87. The molecule has 0 spiro atoms. The number of nitriles is 1. The topological polar surface area (TPSA) is 49.6 Å². The molecular weight excluding hydrogens is 285 g/mol. The zero-order chi connectivity index (χ0) is 14.8. The summed E-state index contributed by atoms with van der Waals surface area (Å²) in [6.45, 7) is 1.72. The molecule has 0 fully saturated rings. The van der Waals surface area contributed by atoms with Gasteiger partial charge in [-0.2, -0.15) is 5.26 Å². The van der Waals surface area contributed by atoms with Crippen LogP contribution in [0.1, 0.15) is 11.1 Å². The van der Waals surface area contributed by atoms with E-state index in [9.17, 15) is 4.39 Å². The zero-order valence-electron chi connectivity index (χ0n) is 11.2. The van der Waals surface area contributed by atoms with Crippen LogP contribution in [0, 0.1) is 24.1 Å². The SMILES string of the molecule is Cc1ccc(-c2nnc(-c3ccc(C#N)cc3)s2)cc1F. The monoisotopic (exact) mass is 295 g/mol. The Labute approximate surface area is 125 Å². The maximum atomic E-state index is 13.6. The lowest BCUT2D eigenvalue weighted by atomic mass is 10.1. The van der Waals surface area contributed by atoms with Crippen molar-refractivity contribution in [3.63, 3.8) is 0 Å². The Morgan fingerprint density at radius 3 is 2.24 bits per heavy atom. The summed E-state index contributed by atoms with van der Waals surface area (Å²) in [6, 6.07) is 14.2. The highest BCUT2D eigenvalue weighted by Gasteiger charge is 2.10. The molecule has 0 bridgehead atoms. The minimum absolute atomic E-state index is 0.248. The van der Waals surface area contributed by atoms with Crippen LogP contribution in [0.4, 0.5) is 4.39 Å². The Bertz CT molecular complexity index is 831. The molecule has 0 unspecified atom stereocenters. The van der Waals surface area contributed by atoms with Crippen LogP contribution >= 0.6 is 11.3 Å². The third-order valence-electron chi connectivity index (χ3n) is 3.10. The normalized spacial score (nSPS) is 10.3. The van der Waals surface area contributed by atoms with Crippen molar-refractivity contribution in [3.05, 3.63) is 59.4 Å². The minimum Gasteiger partial charge on any atom is -0.207 e. The maximum Gasteiger partial charge on any atom is 0.148 e. The highest BCUT2D eigenvalue weighted by Crippen LogP contribution is 2.30. The fourth-order valence-corrected chi connectivity index (χ4v) is 2.71. The van der Waals surface area contributed by atoms with Gasteiger partial charge in [0.1, 0.15) is 15.8 Å². The van der Waals surface area contributed by atoms with Gasteiger partial charge in [0.2, 0.25) is 0 Å². The highest BCUT2D eigenvalue weighted by atomic mass is 32.1. The van der Waals surface area contributed by atoms with E-state index in [0.717, 1.165) is 16.1 Å². The first-order chi connectivity index (χ1) is 10.2. The molecule has 0 amide bonds. The largest absolute Gasteiger partial charge is 0.207 e. The molecule has 1 aromatic heterocycles. The lowest BCUT2D eigenvalue weighted by Gasteiger charge is -1.98. The van der Waals surface area contributed by atoms with Crippen LogP contribution in [-0.2, 0) is 0 Å². The van der Waals surface area contributed by atoms with E-state index in [0.29, 0.717) is 16.1 Å². The molecule has 2 aromatic carbocycles. The van der Waals surface area contributed by atoms with Crippen LogP contribution in [0.5, 0.6) is 0 Å². The van der Waals surface area contributed by atoms with Crippen molar-refractivity contribution in [2.75, 3.05) is 0 Å². The van der Waals surface area contributed by atoms with E-state index >= 15 is 0 Å². The minimum atomic E-state index is -0.248. The van der Waals surface area contributed by atoms with E-state index in [1.54, 1.807) is 25.1 Å². The van der Waals surface area contributed by atoms with E-state index < -0.39 is 0 Å². The fraction of sp³-hybridized carbons (Fsp3) is 0.0625. The molecule has 1 heterocycles. The first-order valence-electron chi connectivity index (χ1n) is 6.28. The third kappa shape index (κ3) is 2.67. The van der Waals surface area contributed by atoms with Crippen LogP contribution in [0.15, 0.2) is 42.5 Å². The summed E-state index contributed by atoms with van der Waals surface area (Å²) >= 11 is 1.40. The van der Waals surface area contributed by atoms with Crippen LogP contribution < -0.4 is 0 Å². The molecule has 0 radical (unpaired) electrons. The molecule has 0 saturated heterocycles. The van der Waals surface area contributed by atoms with Crippen LogP contribution in [0.25, 0.3) is 21.1 Å². The van der Waals surface area contributed by atoms with Crippen molar-refractivity contribution in [2.45, 2.75) is 6.92 Å². The summed E-state index contributed by atoms with van der Waals surface area (Å²) in [5, 5.41) is 18.5. The molecular formula is C16H10FN3S. The summed E-state index contributed by atoms with van der Waals surface area (Å²) < 4.78 is 13.6. The van der Waals surface area contributed by atoms with Gasteiger partial charge in [0.05, 0.1) is 11.6 Å². The Morgan fingerprint density at radius 2 is 1.62 bits per heavy atom. The van der Waals surface area contributed by atoms with Gasteiger partial charge in [-0.25, -0.2) is 4.39 Å². The van der Waals surface area contributed by atoms with Crippen LogP contribution in [-0.4, -0.2) is 10.2 Å². The Hall–Kier alpha value is -2.58. The highest BCUT2D eigenvalue weighted by molar-refractivity contribution is 7.17. The van der Waals surface area contributed by atoms with Gasteiger partial charge in [-0.3, -0.25) is 0 Å². The molecule has 0 N–H and O–H groups in total. The molecule has 3 rings (SSSR count). The quantitative estimate of drug-likeness (QED) is 0.712. The smallest absolute Gasteiger partial charge is 0.148 e. The van der Waals surface area contributed by atoms with E-state index in [2.05, 4.69) is 16.3 Å². The molecule has 102 valence electrons. The van der Waals surface area contributed by atoms with Crippen molar-refractivity contribution in [3.8, 4) is 27.2 Å². The first-order valence-corrected chi connectivity index (χ1v) is 7.09. The molecule has 0 atom stereocenters. The van der Waals surface area contributed by atoms with Gasteiger partial charge in [0.15, 0.2) is 0 Å². The van der Waals surface area contributed by atoms with Crippen LogP contribution in [0.2, 0.25) is 0 Å². The number of nitrogens with zero attached hydrogens (tertiary/aromatic N) is 3. The third-order valence-corrected chi connectivity index (χ3v) is 4.13. The standard InChI is InChI=1S/C16H10FN3S/c1-10-2-5-13(8-14(10)17)16-20-19-15(21-16)12-6-3-11(9-18)4-7-12/h2-8H,1H3. The average Bonchev–Trinajstić information content (AvgIpc) is 3.00. The Balaban J connectivity index is 1.95. The summed E-state index contributed by atoms with van der Waals surface area (Å²) in [4.78, 5) is 0. The lowest BCUT2D eigenvalue weighted by molar-refractivity contribution is 0.619. The molecule has 3 nitrogen and oxygen atoms in total. The van der Waals surface area contributed by atoms with Gasteiger partial charge in [-0.1, -0.05) is 35.6 Å². The lowest BCUT2D eigenvalue weighted by Crippen LogP contribution is -1.83. The van der Waals surface area contributed by atoms with Crippen molar-refractivity contribution < 1.29 is 4.39 Å². The van der Waals surface area contributed by atoms with E-state index in [1.807, 2.05) is 18.2 Å².